The molecule has 0 saturated carbocycles. The number of rotatable bonds is 50. The van der Waals surface area contributed by atoms with Crippen LogP contribution in [-0.4, -0.2) is 36.4 Å². The number of esters is 2. The predicted molar refractivity (Wildman–Crippen MR) is 279 cm³/mol. The van der Waals surface area contributed by atoms with Crippen LogP contribution in [0.25, 0.3) is 0 Å². The van der Waals surface area contributed by atoms with Gasteiger partial charge in [0, 0.05) is 12.8 Å². The molecule has 0 aliphatic heterocycles. The average Bonchev–Trinajstić information content (AvgIpc) is 3.30. The number of hydrogen-bond donors (Lipinski definition) is 1. The van der Waals surface area contributed by atoms with E-state index in [0.717, 1.165) is 77.0 Å². The van der Waals surface area contributed by atoms with Gasteiger partial charge in [-0.3, -0.25) is 9.59 Å². The second-order valence-corrected chi connectivity index (χ2v) is 18.3. The third kappa shape index (κ3) is 52.0. The van der Waals surface area contributed by atoms with Crippen molar-refractivity contribution in [3.05, 3.63) is 72.9 Å². The summed E-state index contributed by atoms with van der Waals surface area (Å²) in [6.07, 6.45) is 74.7. The molecule has 0 aromatic rings. The van der Waals surface area contributed by atoms with Gasteiger partial charge in [0.25, 0.3) is 0 Å². The van der Waals surface area contributed by atoms with E-state index in [1.54, 1.807) is 0 Å². The molecule has 0 bridgehead atoms. The summed E-state index contributed by atoms with van der Waals surface area (Å²) in [5.41, 5.74) is 0. The Morgan fingerprint density at radius 1 is 0.375 bits per heavy atom. The lowest BCUT2D eigenvalue weighted by molar-refractivity contribution is -0.161. The largest absolute Gasteiger partial charge is 0.462 e. The minimum absolute atomic E-state index is 0.0682. The zero-order valence-electron chi connectivity index (χ0n) is 42.3. The highest BCUT2D eigenvalue weighted by molar-refractivity contribution is 5.70. The fraction of sp³-hybridized carbons (Fsp3) is 0.763. The maximum atomic E-state index is 12.2. The molecular formula is C59H104O5. The molecule has 1 unspecified atom stereocenters. The fourth-order valence-corrected chi connectivity index (χ4v) is 7.86. The van der Waals surface area contributed by atoms with E-state index in [0.29, 0.717) is 12.8 Å². The summed E-state index contributed by atoms with van der Waals surface area (Å²) in [6, 6.07) is 0. The highest BCUT2D eigenvalue weighted by Gasteiger charge is 2.16. The minimum atomic E-state index is -0.773. The van der Waals surface area contributed by atoms with Gasteiger partial charge < -0.3 is 14.6 Å². The van der Waals surface area contributed by atoms with Crippen LogP contribution >= 0.6 is 0 Å². The van der Waals surface area contributed by atoms with Gasteiger partial charge in [-0.1, -0.05) is 254 Å². The molecule has 1 N–H and O–H groups in total. The van der Waals surface area contributed by atoms with Gasteiger partial charge in [-0.2, -0.15) is 0 Å². The molecule has 370 valence electrons. The Labute approximate surface area is 397 Å². The molecule has 1 atom stereocenters. The second kappa shape index (κ2) is 54.7. The third-order valence-electron chi connectivity index (χ3n) is 12.0. The number of allylic oxidation sites excluding steroid dienone is 12. The molecule has 0 aliphatic carbocycles. The predicted octanol–water partition coefficient (Wildman–Crippen LogP) is 18.4. The number of carbonyl (C=O) groups is 2. The van der Waals surface area contributed by atoms with Crippen molar-refractivity contribution >= 4 is 11.9 Å². The average molecular weight is 893 g/mol. The van der Waals surface area contributed by atoms with E-state index in [-0.39, 0.29) is 25.2 Å². The molecule has 64 heavy (non-hydrogen) atoms. The number of carbonyl (C=O) groups excluding carboxylic acids is 2. The van der Waals surface area contributed by atoms with Crippen molar-refractivity contribution < 1.29 is 24.2 Å². The van der Waals surface area contributed by atoms with Gasteiger partial charge >= 0.3 is 11.9 Å². The lowest BCUT2D eigenvalue weighted by atomic mass is 10.0. The molecule has 0 aliphatic rings. The van der Waals surface area contributed by atoms with Crippen LogP contribution in [0.3, 0.4) is 0 Å². The number of aliphatic hydroxyl groups is 1. The molecule has 0 heterocycles. The van der Waals surface area contributed by atoms with Crippen LogP contribution in [0, 0.1) is 0 Å². The summed E-state index contributed by atoms with van der Waals surface area (Å²) >= 11 is 0. The van der Waals surface area contributed by atoms with Gasteiger partial charge in [-0.05, 0) is 77.0 Å². The molecule has 5 nitrogen and oxygen atoms in total. The van der Waals surface area contributed by atoms with Gasteiger partial charge in [0.05, 0.1) is 6.61 Å². The van der Waals surface area contributed by atoms with E-state index in [2.05, 4.69) is 86.8 Å². The Bertz CT molecular complexity index is 1150. The Morgan fingerprint density at radius 2 is 0.672 bits per heavy atom. The Kier molecular flexibility index (Phi) is 52.4. The lowest BCUT2D eigenvalue weighted by Gasteiger charge is -2.15. The summed E-state index contributed by atoms with van der Waals surface area (Å²) < 4.78 is 10.6. The van der Waals surface area contributed by atoms with Crippen LogP contribution < -0.4 is 0 Å². The van der Waals surface area contributed by atoms with Crippen molar-refractivity contribution in [2.24, 2.45) is 0 Å². The van der Waals surface area contributed by atoms with Crippen LogP contribution in [-0.2, 0) is 19.1 Å². The van der Waals surface area contributed by atoms with Gasteiger partial charge in [0.15, 0.2) is 6.10 Å². The SMILES string of the molecule is CC/C=C\C/C=C\C/C=C\C/C=C\C/C=C\CCCCCCCCCCCCCCCCCCCCCCCCCC(=O)OC(CO)COC(=O)CCCCCCC/C=C\CCCC. The number of unbranched alkanes of at least 4 members (excludes halogenated alkanes) is 30. The highest BCUT2D eigenvalue weighted by Crippen LogP contribution is 2.17. The normalized spacial score (nSPS) is 12.7. The van der Waals surface area contributed by atoms with Gasteiger partial charge in [0.2, 0.25) is 0 Å². The van der Waals surface area contributed by atoms with Crippen molar-refractivity contribution in [3.63, 3.8) is 0 Å². The van der Waals surface area contributed by atoms with Crippen LogP contribution in [0.4, 0.5) is 0 Å². The van der Waals surface area contributed by atoms with Crippen molar-refractivity contribution in [3.8, 4) is 0 Å². The maximum Gasteiger partial charge on any atom is 0.306 e. The molecule has 0 saturated heterocycles. The molecular weight excluding hydrogens is 789 g/mol. The van der Waals surface area contributed by atoms with Crippen LogP contribution in [0.15, 0.2) is 72.9 Å². The molecule has 0 radical (unpaired) electrons. The van der Waals surface area contributed by atoms with Crippen LogP contribution in [0.1, 0.15) is 271 Å². The van der Waals surface area contributed by atoms with E-state index in [1.165, 1.54) is 167 Å². The molecule has 0 aromatic carbocycles. The number of ether oxygens (including phenoxy) is 2. The Morgan fingerprint density at radius 3 is 1.03 bits per heavy atom. The fourth-order valence-electron chi connectivity index (χ4n) is 7.86. The summed E-state index contributed by atoms with van der Waals surface area (Å²) in [5.74, 6) is -0.594. The molecule has 0 spiro atoms. The zero-order valence-corrected chi connectivity index (χ0v) is 42.3. The molecule has 0 fully saturated rings. The minimum Gasteiger partial charge on any atom is -0.462 e. The van der Waals surface area contributed by atoms with Gasteiger partial charge in [-0.15, -0.1) is 0 Å². The first-order valence-corrected chi connectivity index (χ1v) is 27.5. The van der Waals surface area contributed by atoms with E-state index < -0.39 is 6.10 Å². The van der Waals surface area contributed by atoms with Crippen molar-refractivity contribution in [2.45, 2.75) is 277 Å². The lowest BCUT2D eigenvalue weighted by Crippen LogP contribution is -2.28. The van der Waals surface area contributed by atoms with E-state index >= 15 is 0 Å². The standard InChI is InChI=1S/C59H104O5/c1-3-5-7-9-11-13-15-16-17-18-19-20-21-22-23-24-25-26-27-28-29-30-31-32-33-34-35-36-37-38-39-40-41-42-44-46-48-50-52-54-59(62)64-57(55-60)56-63-58(61)53-51-49-47-45-43-14-12-10-8-6-4-2/h5,7,10-13,16-17,19-20,22-23,57,60H,3-4,6,8-9,14-15,18,21,24-56H2,1-2H3/b7-5-,12-10-,13-11-,17-16-,20-19-,23-22-. The monoisotopic (exact) mass is 893 g/mol. The molecule has 5 heteroatoms. The van der Waals surface area contributed by atoms with E-state index in [4.69, 9.17) is 9.47 Å². The number of hydrogen-bond acceptors (Lipinski definition) is 5. The third-order valence-corrected chi connectivity index (χ3v) is 12.0. The quantitative estimate of drug-likeness (QED) is 0.0374. The molecule has 0 aromatic heterocycles. The van der Waals surface area contributed by atoms with Crippen molar-refractivity contribution in [2.75, 3.05) is 13.2 Å². The van der Waals surface area contributed by atoms with Crippen molar-refractivity contribution in [1.82, 2.24) is 0 Å². The Hall–Kier alpha value is -2.66. The van der Waals surface area contributed by atoms with Gasteiger partial charge in [0.1, 0.15) is 6.61 Å². The summed E-state index contributed by atoms with van der Waals surface area (Å²) in [4.78, 5) is 24.3. The highest BCUT2D eigenvalue weighted by atomic mass is 16.6. The smallest absolute Gasteiger partial charge is 0.306 e. The Balaban J connectivity index is 3.39. The maximum absolute atomic E-state index is 12.2. The topological polar surface area (TPSA) is 72.8 Å². The van der Waals surface area contributed by atoms with E-state index in [1.807, 2.05) is 0 Å². The molecule has 0 amide bonds. The van der Waals surface area contributed by atoms with Gasteiger partial charge in [-0.25, -0.2) is 0 Å². The first-order chi connectivity index (χ1) is 31.6. The summed E-state index contributed by atoms with van der Waals surface area (Å²) in [7, 11) is 0. The molecule has 0 rings (SSSR count). The summed E-state index contributed by atoms with van der Waals surface area (Å²) in [5, 5.41) is 9.60. The summed E-state index contributed by atoms with van der Waals surface area (Å²) in [6.45, 7) is 3.99. The van der Waals surface area contributed by atoms with Crippen LogP contribution in [0.5, 0.6) is 0 Å². The van der Waals surface area contributed by atoms with E-state index in [9.17, 15) is 14.7 Å². The van der Waals surface area contributed by atoms with Crippen molar-refractivity contribution in [1.29, 1.82) is 0 Å². The first-order valence-electron chi connectivity index (χ1n) is 27.5. The first kappa shape index (κ1) is 61.3. The second-order valence-electron chi connectivity index (χ2n) is 18.3. The number of aliphatic hydroxyl groups excluding tert-OH is 1. The zero-order chi connectivity index (χ0) is 46.3. The van der Waals surface area contributed by atoms with Crippen LogP contribution in [0.2, 0.25) is 0 Å².